The van der Waals surface area contributed by atoms with Crippen LogP contribution >= 0.6 is 0 Å². The molecule has 2 rings (SSSR count). The third-order valence-corrected chi connectivity index (χ3v) is 3.29. The van der Waals surface area contributed by atoms with Crippen LogP contribution in [-0.4, -0.2) is 36.5 Å². The molecule has 0 saturated carbocycles. The second kappa shape index (κ2) is 6.96. The van der Waals surface area contributed by atoms with Crippen molar-refractivity contribution in [1.82, 2.24) is 10.2 Å². The van der Waals surface area contributed by atoms with Gasteiger partial charge < -0.3 is 4.90 Å². The van der Waals surface area contributed by atoms with Crippen molar-refractivity contribution in [3.05, 3.63) is 35.9 Å². The van der Waals surface area contributed by atoms with Crippen LogP contribution in [0.1, 0.15) is 25.3 Å². The summed E-state index contributed by atoms with van der Waals surface area (Å²) in [5, 5.41) is 3.16. The van der Waals surface area contributed by atoms with Crippen molar-refractivity contribution in [3.63, 3.8) is 0 Å². The fourth-order valence-corrected chi connectivity index (χ4v) is 2.17. The lowest BCUT2D eigenvalue weighted by Crippen LogP contribution is -2.43. The molecule has 3 heteroatoms. The lowest BCUT2D eigenvalue weighted by Gasteiger charge is -2.20. The first-order chi connectivity index (χ1) is 9.27. The van der Waals surface area contributed by atoms with E-state index in [9.17, 15) is 4.79 Å². The summed E-state index contributed by atoms with van der Waals surface area (Å²) in [5.74, 6) is 6.31. The van der Waals surface area contributed by atoms with Crippen LogP contribution in [0, 0.1) is 11.8 Å². The molecular formula is C16H20N2O. The summed E-state index contributed by atoms with van der Waals surface area (Å²) >= 11 is 0. The van der Waals surface area contributed by atoms with Crippen molar-refractivity contribution >= 4 is 5.91 Å². The van der Waals surface area contributed by atoms with Crippen LogP contribution in [0.25, 0.3) is 0 Å². The topological polar surface area (TPSA) is 32.3 Å². The summed E-state index contributed by atoms with van der Waals surface area (Å²) in [6.45, 7) is 4.25. The first-order valence-electron chi connectivity index (χ1n) is 6.83. The Labute approximate surface area is 115 Å². The van der Waals surface area contributed by atoms with Gasteiger partial charge in [0.05, 0.1) is 12.6 Å². The molecule has 1 heterocycles. The fraction of sp³-hybridized carbons (Fsp3) is 0.438. The Kier molecular flexibility index (Phi) is 5.00. The molecule has 0 radical (unpaired) electrons. The van der Waals surface area contributed by atoms with Gasteiger partial charge >= 0.3 is 0 Å². The molecule has 1 unspecified atom stereocenters. The summed E-state index contributed by atoms with van der Waals surface area (Å²) in [4.78, 5) is 14.0. The van der Waals surface area contributed by atoms with Gasteiger partial charge in [-0.2, -0.15) is 0 Å². The molecule has 1 aromatic rings. The normalized spacial score (nSPS) is 15.7. The number of carbonyl (C=O) groups excluding carboxylic acids is 1. The number of hydrogen-bond donors (Lipinski definition) is 1. The predicted molar refractivity (Wildman–Crippen MR) is 76.6 cm³/mol. The maximum atomic E-state index is 12.0. The van der Waals surface area contributed by atoms with Gasteiger partial charge in [-0.3, -0.25) is 10.1 Å². The monoisotopic (exact) mass is 256 g/mol. The van der Waals surface area contributed by atoms with E-state index in [0.717, 1.165) is 31.5 Å². The van der Waals surface area contributed by atoms with Crippen LogP contribution in [0.2, 0.25) is 0 Å². The van der Waals surface area contributed by atoms with E-state index in [0.29, 0.717) is 6.54 Å². The predicted octanol–water partition coefficient (Wildman–Crippen LogP) is 1.64. The number of hydrogen-bond acceptors (Lipinski definition) is 2. The van der Waals surface area contributed by atoms with Crippen molar-refractivity contribution in [2.75, 3.05) is 19.6 Å². The number of rotatable bonds is 3. The zero-order valence-corrected chi connectivity index (χ0v) is 11.4. The van der Waals surface area contributed by atoms with Crippen LogP contribution in [-0.2, 0) is 4.79 Å². The second-order valence-corrected chi connectivity index (χ2v) is 4.80. The Hall–Kier alpha value is -1.79. The number of amides is 1. The highest BCUT2D eigenvalue weighted by Crippen LogP contribution is 2.08. The molecule has 1 aliphatic rings. The number of nitrogens with one attached hydrogen (secondary N) is 1. The van der Waals surface area contributed by atoms with Gasteiger partial charge in [0, 0.05) is 18.7 Å². The van der Waals surface area contributed by atoms with Gasteiger partial charge in [-0.05, 0) is 31.9 Å². The molecule has 1 saturated heterocycles. The summed E-state index contributed by atoms with van der Waals surface area (Å²) in [7, 11) is 0. The fourth-order valence-electron chi connectivity index (χ4n) is 2.17. The molecule has 1 aromatic carbocycles. The van der Waals surface area contributed by atoms with Gasteiger partial charge in [0.1, 0.15) is 0 Å². The van der Waals surface area contributed by atoms with E-state index in [2.05, 4.69) is 17.2 Å². The maximum Gasteiger partial charge on any atom is 0.239 e. The van der Waals surface area contributed by atoms with Gasteiger partial charge in [0.15, 0.2) is 0 Å². The van der Waals surface area contributed by atoms with Crippen molar-refractivity contribution in [2.45, 2.75) is 25.8 Å². The van der Waals surface area contributed by atoms with Crippen LogP contribution in [0.15, 0.2) is 30.3 Å². The molecule has 0 aliphatic carbocycles. The van der Waals surface area contributed by atoms with E-state index in [1.807, 2.05) is 42.2 Å². The Bertz CT molecular complexity index is 467. The zero-order valence-electron chi connectivity index (χ0n) is 11.4. The minimum absolute atomic E-state index is 0.150. The molecule has 0 spiro atoms. The van der Waals surface area contributed by atoms with Gasteiger partial charge in [-0.25, -0.2) is 0 Å². The lowest BCUT2D eigenvalue weighted by atomic mass is 10.2. The Balaban J connectivity index is 1.76. The van der Waals surface area contributed by atoms with Crippen LogP contribution in [0.5, 0.6) is 0 Å². The highest BCUT2D eigenvalue weighted by atomic mass is 16.2. The maximum absolute atomic E-state index is 12.0. The number of benzene rings is 1. The smallest absolute Gasteiger partial charge is 0.239 e. The average molecular weight is 256 g/mol. The third-order valence-electron chi connectivity index (χ3n) is 3.29. The minimum Gasteiger partial charge on any atom is -0.341 e. The summed E-state index contributed by atoms with van der Waals surface area (Å²) in [5.41, 5.74) is 1.00. The van der Waals surface area contributed by atoms with E-state index < -0.39 is 0 Å². The van der Waals surface area contributed by atoms with Crippen molar-refractivity contribution in [2.24, 2.45) is 0 Å². The largest absolute Gasteiger partial charge is 0.341 e. The molecule has 3 nitrogen and oxygen atoms in total. The second-order valence-electron chi connectivity index (χ2n) is 4.80. The van der Waals surface area contributed by atoms with Crippen LogP contribution in [0.3, 0.4) is 0 Å². The van der Waals surface area contributed by atoms with Gasteiger partial charge in [0.2, 0.25) is 5.91 Å². The third kappa shape index (κ3) is 4.11. The number of nitrogens with zero attached hydrogens (tertiary/aromatic N) is 1. The molecule has 0 bridgehead atoms. The van der Waals surface area contributed by atoms with E-state index in [4.69, 9.17) is 0 Å². The highest BCUT2D eigenvalue weighted by molar-refractivity contribution is 5.81. The molecular weight excluding hydrogens is 236 g/mol. The quantitative estimate of drug-likeness (QED) is 0.834. The van der Waals surface area contributed by atoms with Crippen molar-refractivity contribution in [1.29, 1.82) is 0 Å². The lowest BCUT2D eigenvalue weighted by molar-refractivity contribution is -0.131. The van der Waals surface area contributed by atoms with Gasteiger partial charge in [-0.15, -0.1) is 0 Å². The van der Waals surface area contributed by atoms with Gasteiger partial charge in [0.25, 0.3) is 0 Å². The molecule has 1 atom stereocenters. The zero-order chi connectivity index (χ0) is 13.5. The Morgan fingerprint density at radius 1 is 1.32 bits per heavy atom. The Morgan fingerprint density at radius 2 is 2.00 bits per heavy atom. The summed E-state index contributed by atoms with van der Waals surface area (Å²) in [6.07, 6.45) is 2.26. The van der Waals surface area contributed by atoms with E-state index in [1.165, 1.54) is 0 Å². The minimum atomic E-state index is -0.150. The van der Waals surface area contributed by atoms with E-state index in [1.54, 1.807) is 0 Å². The SMILES string of the molecule is CC(NCC#Cc1ccccc1)C(=O)N1CCCC1. The standard InChI is InChI=1S/C16H20N2O/c1-14(16(19)18-12-5-6-13-18)17-11-7-10-15-8-3-2-4-9-15/h2-4,8-9,14,17H,5-6,11-13H2,1H3. The Morgan fingerprint density at radius 3 is 2.68 bits per heavy atom. The molecule has 1 aliphatic heterocycles. The summed E-state index contributed by atoms with van der Waals surface area (Å²) < 4.78 is 0. The van der Waals surface area contributed by atoms with Crippen molar-refractivity contribution < 1.29 is 4.79 Å². The van der Waals surface area contributed by atoms with Crippen LogP contribution < -0.4 is 5.32 Å². The van der Waals surface area contributed by atoms with E-state index >= 15 is 0 Å². The number of carbonyl (C=O) groups is 1. The first-order valence-corrected chi connectivity index (χ1v) is 6.83. The highest BCUT2D eigenvalue weighted by Gasteiger charge is 2.22. The van der Waals surface area contributed by atoms with E-state index in [-0.39, 0.29) is 11.9 Å². The number of likely N-dealkylation sites (tertiary alicyclic amines) is 1. The average Bonchev–Trinajstić information content (AvgIpc) is 2.98. The van der Waals surface area contributed by atoms with Crippen molar-refractivity contribution in [3.8, 4) is 11.8 Å². The van der Waals surface area contributed by atoms with Crippen LogP contribution in [0.4, 0.5) is 0 Å². The molecule has 1 amide bonds. The first kappa shape index (κ1) is 13.6. The molecule has 1 fully saturated rings. The molecule has 0 aromatic heterocycles. The molecule has 100 valence electrons. The molecule has 1 N–H and O–H groups in total. The molecule has 19 heavy (non-hydrogen) atoms. The van der Waals surface area contributed by atoms with Gasteiger partial charge in [-0.1, -0.05) is 30.0 Å². The summed E-state index contributed by atoms with van der Waals surface area (Å²) in [6, 6.07) is 9.72.